The lowest BCUT2D eigenvalue weighted by atomic mass is 9.98. The largest absolute Gasteiger partial charge is 0.323 e. The fourth-order valence-corrected chi connectivity index (χ4v) is 4.51. The molecule has 0 saturated heterocycles. The number of carbonyl (C=O) groups is 1. The number of rotatable bonds is 6. The Bertz CT molecular complexity index is 1420. The average molecular weight is 542 g/mol. The molecule has 174 valence electrons. The van der Waals surface area contributed by atoms with E-state index in [1.165, 1.54) is 14.1 Å². The number of urea groups is 1. The molecule has 0 aliphatic rings. The van der Waals surface area contributed by atoms with Crippen molar-refractivity contribution in [1.82, 2.24) is 24.9 Å². The fourth-order valence-electron chi connectivity index (χ4n) is 3.21. The van der Waals surface area contributed by atoms with Crippen LogP contribution in [0.2, 0.25) is 0 Å². The molecule has 1 heterocycles. The van der Waals surface area contributed by atoms with Gasteiger partial charge in [-0.3, -0.25) is 0 Å². The number of aromatic amines is 1. The second-order valence-electron chi connectivity index (χ2n) is 7.40. The van der Waals surface area contributed by atoms with E-state index in [2.05, 4.69) is 47.2 Å². The number of nitrogens with one attached hydrogen (secondary N) is 3. The van der Waals surface area contributed by atoms with Gasteiger partial charge in [-0.05, 0) is 58.8 Å². The van der Waals surface area contributed by atoms with Crippen LogP contribution in [0.3, 0.4) is 0 Å². The van der Waals surface area contributed by atoms with E-state index in [1.54, 1.807) is 54.6 Å². The van der Waals surface area contributed by atoms with Gasteiger partial charge in [-0.1, -0.05) is 40.2 Å². The van der Waals surface area contributed by atoms with Gasteiger partial charge in [0.1, 0.15) is 0 Å². The second kappa shape index (κ2) is 9.71. The van der Waals surface area contributed by atoms with Crippen LogP contribution >= 0.6 is 15.9 Å². The zero-order chi connectivity index (χ0) is 24.3. The number of hydrogen-bond donors (Lipinski definition) is 3. The van der Waals surface area contributed by atoms with Crippen molar-refractivity contribution >= 4 is 43.4 Å². The summed E-state index contributed by atoms with van der Waals surface area (Å²) in [6.07, 6.45) is 0. The van der Waals surface area contributed by atoms with Crippen molar-refractivity contribution in [2.45, 2.75) is 4.90 Å². The first-order valence-electron chi connectivity index (χ1n) is 9.98. The number of nitrogens with zero attached hydrogens (tertiary/aromatic N) is 4. The van der Waals surface area contributed by atoms with E-state index in [0.717, 1.165) is 19.9 Å². The standard InChI is InChI=1S/C22H20BrN7O3S/c1-30(2)34(32,33)18-9-6-14(7-10-18)19-11-8-17(13-20(19)21-26-28-29-27-21)25-22(31)24-16-5-3-4-15(23)12-16/h3-13H,1-2H3,(H2,24,25,31)(H,26,27,28,29). The number of anilines is 2. The van der Waals surface area contributed by atoms with Gasteiger partial charge >= 0.3 is 6.03 Å². The molecule has 0 unspecified atom stereocenters. The molecule has 0 bridgehead atoms. The van der Waals surface area contributed by atoms with Gasteiger partial charge in [0, 0.05) is 35.5 Å². The lowest BCUT2D eigenvalue weighted by Gasteiger charge is -2.14. The van der Waals surface area contributed by atoms with Crippen molar-refractivity contribution in [2.24, 2.45) is 0 Å². The number of amides is 2. The van der Waals surface area contributed by atoms with Gasteiger partial charge < -0.3 is 10.6 Å². The SMILES string of the molecule is CN(C)S(=O)(=O)c1ccc(-c2ccc(NC(=O)Nc3cccc(Br)c3)cc2-c2nn[nH]n2)cc1. The van der Waals surface area contributed by atoms with E-state index in [9.17, 15) is 13.2 Å². The third kappa shape index (κ3) is 5.14. The van der Waals surface area contributed by atoms with Gasteiger partial charge in [0.25, 0.3) is 0 Å². The van der Waals surface area contributed by atoms with Crippen molar-refractivity contribution < 1.29 is 13.2 Å². The molecule has 0 radical (unpaired) electrons. The van der Waals surface area contributed by atoms with Crippen molar-refractivity contribution in [1.29, 1.82) is 0 Å². The molecule has 4 rings (SSSR count). The van der Waals surface area contributed by atoms with Crippen LogP contribution in [-0.4, -0.2) is 53.5 Å². The van der Waals surface area contributed by atoms with Crippen molar-refractivity contribution in [3.63, 3.8) is 0 Å². The van der Waals surface area contributed by atoms with Crippen molar-refractivity contribution in [3.8, 4) is 22.5 Å². The Balaban J connectivity index is 1.64. The van der Waals surface area contributed by atoms with Gasteiger partial charge in [0.15, 0.2) is 0 Å². The lowest BCUT2D eigenvalue weighted by molar-refractivity contribution is 0.262. The maximum absolute atomic E-state index is 12.5. The van der Waals surface area contributed by atoms with E-state index in [-0.39, 0.29) is 4.90 Å². The van der Waals surface area contributed by atoms with E-state index < -0.39 is 16.1 Å². The smallest absolute Gasteiger partial charge is 0.308 e. The van der Waals surface area contributed by atoms with E-state index in [1.807, 2.05) is 12.1 Å². The third-order valence-electron chi connectivity index (χ3n) is 4.89. The number of carbonyl (C=O) groups excluding carboxylic acids is 1. The Kier molecular flexibility index (Phi) is 6.72. The summed E-state index contributed by atoms with van der Waals surface area (Å²) in [6.45, 7) is 0. The number of H-pyrrole nitrogens is 1. The van der Waals surface area contributed by atoms with E-state index in [0.29, 0.717) is 22.8 Å². The van der Waals surface area contributed by atoms with Crippen LogP contribution in [0.5, 0.6) is 0 Å². The summed E-state index contributed by atoms with van der Waals surface area (Å²) in [7, 11) is -0.577. The first-order chi connectivity index (χ1) is 16.2. The van der Waals surface area contributed by atoms with Gasteiger partial charge in [0.2, 0.25) is 15.8 Å². The Morgan fingerprint density at radius 2 is 1.65 bits per heavy atom. The second-order valence-corrected chi connectivity index (χ2v) is 10.5. The quantitative estimate of drug-likeness (QED) is 0.335. The molecule has 4 aromatic rings. The molecule has 0 saturated carbocycles. The van der Waals surface area contributed by atoms with Gasteiger partial charge in [-0.25, -0.2) is 17.5 Å². The van der Waals surface area contributed by atoms with Crippen LogP contribution in [0, 0.1) is 0 Å². The van der Waals surface area contributed by atoms with Gasteiger partial charge in [-0.15, -0.1) is 10.2 Å². The molecule has 2 amide bonds. The maximum Gasteiger partial charge on any atom is 0.323 e. The molecule has 0 atom stereocenters. The number of halogens is 1. The molecule has 3 aromatic carbocycles. The highest BCUT2D eigenvalue weighted by molar-refractivity contribution is 9.10. The van der Waals surface area contributed by atoms with Crippen LogP contribution < -0.4 is 10.6 Å². The monoisotopic (exact) mass is 541 g/mol. The van der Waals surface area contributed by atoms with Crippen LogP contribution in [0.1, 0.15) is 0 Å². The number of sulfonamides is 1. The molecular weight excluding hydrogens is 522 g/mol. The summed E-state index contributed by atoms with van der Waals surface area (Å²) in [5, 5.41) is 19.8. The topological polar surface area (TPSA) is 133 Å². The molecule has 0 fully saturated rings. The summed E-state index contributed by atoms with van der Waals surface area (Å²) < 4.78 is 26.8. The summed E-state index contributed by atoms with van der Waals surface area (Å²) in [5.41, 5.74) is 3.26. The Labute approximate surface area is 204 Å². The molecule has 34 heavy (non-hydrogen) atoms. The lowest BCUT2D eigenvalue weighted by Crippen LogP contribution is -2.22. The average Bonchev–Trinajstić information content (AvgIpc) is 3.34. The normalized spacial score (nSPS) is 11.4. The third-order valence-corrected chi connectivity index (χ3v) is 7.21. The molecule has 0 aliphatic carbocycles. The minimum absolute atomic E-state index is 0.185. The molecule has 10 nitrogen and oxygen atoms in total. The Morgan fingerprint density at radius 1 is 0.941 bits per heavy atom. The highest BCUT2D eigenvalue weighted by atomic mass is 79.9. The van der Waals surface area contributed by atoms with Crippen molar-refractivity contribution in [3.05, 3.63) is 71.2 Å². The first-order valence-corrected chi connectivity index (χ1v) is 12.2. The number of benzene rings is 3. The summed E-state index contributed by atoms with van der Waals surface area (Å²) >= 11 is 3.37. The van der Waals surface area contributed by atoms with Gasteiger partial charge in [-0.2, -0.15) is 5.21 Å². The Morgan fingerprint density at radius 3 is 2.26 bits per heavy atom. The number of hydrogen-bond acceptors (Lipinski definition) is 6. The number of aromatic nitrogens is 4. The molecule has 0 aliphatic heterocycles. The van der Waals surface area contributed by atoms with E-state index in [4.69, 9.17) is 0 Å². The Hall–Kier alpha value is -3.61. The van der Waals surface area contributed by atoms with Crippen LogP contribution in [0.25, 0.3) is 22.5 Å². The molecule has 3 N–H and O–H groups in total. The van der Waals surface area contributed by atoms with Crippen LogP contribution in [-0.2, 0) is 10.0 Å². The highest BCUT2D eigenvalue weighted by Gasteiger charge is 2.18. The summed E-state index contributed by atoms with van der Waals surface area (Å²) in [6, 6.07) is 18.6. The number of tetrazole rings is 1. The molecule has 1 aromatic heterocycles. The summed E-state index contributed by atoms with van der Waals surface area (Å²) in [4.78, 5) is 12.7. The maximum atomic E-state index is 12.5. The molecule has 0 spiro atoms. The fraction of sp³-hybridized carbons (Fsp3) is 0.0909. The molecular formula is C22H20BrN7O3S. The zero-order valence-corrected chi connectivity index (χ0v) is 20.6. The predicted octanol–water partition coefficient (Wildman–Crippen LogP) is 4.19. The predicted molar refractivity (Wildman–Crippen MR) is 133 cm³/mol. The minimum Gasteiger partial charge on any atom is -0.308 e. The zero-order valence-electron chi connectivity index (χ0n) is 18.2. The van der Waals surface area contributed by atoms with E-state index >= 15 is 0 Å². The first kappa shape index (κ1) is 23.5. The molecule has 12 heteroatoms. The van der Waals surface area contributed by atoms with Crippen LogP contribution in [0.15, 0.2) is 76.1 Å². The highest BCUT2D eigenvalue weighted by Crippen LogP contribution is 2.33. The van der Waals surface area contributed by atoms with Crippen LogP contribution in [0.4, 0.5) is 16.2 Å². The summed E-state index contributed by atoms with van der Waals surface area (Å²) in [5.74, 6) is 0.330. The van der Waals surface area contributed by atoms with Crippen molar-refractivity contribution in [2.75, 3.05) is 24.7 Å². The van der Waals surface area contributed by atoms with Gasteiger partial charge in [0.05, 0.1) is 4.90 Å². The minimum atomic E-state index is -3.54.